The molecule has 1 N–H and O–H groups in total. The summed E-state index contributed by atoms with van der Waals surface area (Å²) in [6.07, 6.45) is 0. The maximum Gasteiger partial charge on any atom is 0.134 e. The lowest BCUT2D eigenvalue weighted by atomic mass is 10.2. The van der Waals surface area contributed by atoms with E-state index in [0.29, 0.717) is 12.5 Å². The normalized spacial score (nSPS) is 10.7. The largest absolute Gasteiger partial charge is 0.497 e. The number of ether oxygens (including phenoxy) is 1. The van der Waals surface area contributed by atoms with E-state index in [1.165, 1.54) is 0 Å². The molecule has 0 radical (unpaired) electrons. The molecule has 0 atom stereocenters. The van der Waals surface area contributed by atoms with Crippen LogP contribution in [-0.2, 0) is 6.54 Å². The summed E-state index contributed by atoms with van der Waals surface area (Å²) in [6.45, 7) is 4.85. The van der Waals surface area contributed by atoms with Crippen LogP contribution in [0, 0.1) is 0 Å². The van der Waals surface area contributed by atoms with Crippen molar-refractivity contribution < 1.29 is 4.74 Å². The monoisotopic (exact) mass is 335 g/mol. The lowest BCUT2D eigenvalue weighted by Gasteiger charge is -2.10. The summed E-state index contributed by atoms with van der Waals surface area (Å²) in [5.74, 6) is 2.80. The van der Waals surface area contributed by atoms with Gasteiger partial charge < -0.3 is 10.1 Å². The van der Waals surface area contributed by atoms with Crippen molar-refractivity contribution in [3.05, 3.63) is 46.3 Å². The number of anilines is 1. The molecule has 0 aliphatic rings. The highest BCUT2D eigenvalue weighted by Gasteiger charge is 2.06. The second kappa shape index (κ2) is 6.70. The van der Waals surface area contributed by atoms with Gasteiger partial charge in [-0.25, -0.2) is 9.97 Å². The third kappa shape index (κ3) is 3.93. The molecule has 1 heterocycles. The lowest BCUT2D eigenvalue weighted by Crippen LogP contribution is -2.05. The minimum absolute atomic E-state index is 0.296. The van der Waals surface area contributed by atoms with Crippen LogP contribution in [0.2, 0.25) is 0 Å². The number of rotatable bonds is 5. The Labute approximate surface area is 127 Å². The Bertz CT molecular complexity index is 587. The molecule has 1 aromatic carbocycles. The molecule has 1 aromatic heterocycles. The number of hydrogen-bond acceptors (Lipinski definition) is 4. The zero-order valence-electron chi connectivity index (χ0n) is 11.9. The highest BCUT2D eigenvalue weighted by Crippen LogP contribution is 2.19. The van der Waals surface area contributed by atoms with Crippen LogP contribution in [0.4, 0.5) is 5.82 Å². The summed E-state index contributed by atoms with van der Waals surface area (Å²) in [5.41, 5.74) is 1.14. The summed E-state index contributed by atoms with van der Waals surface area (Å²) in [6, 6.07) is 9.85. The van der Waals surface area contributed by atoms with Gasteiger partial charge >= 0.3 is 0 Å². The molecule has 2 aromatic rings. The van der Waals surface area contributed by atoms with Crippen LogP contribution < -0.4 is 10.1 Å². The number of methoxy groups -OCH3 is 1. The minimum Gasteiger partial charge on any atom is -0.497 e. The average Bonchev–Trinajstić information content (AvgIpc) is 2.44. The van der Waals surface area contributed by atoms with E-state index < -0.39 is 0 Å². The second-order valence-corrected chi connectivity index (χ2v) is 5.61. The number of hydrogen-bond donors (Lipinski definition) is 1. The highest BCUT2D eigenvalue weighted by molar-refractivity contribution is 9.10. The Morgan fingerprint density at radius 2 is 2.05 bits per heavy atom. The van der Waals surface area contributed by atoms with Crippen molar-refractivity contribution in [3.8, 4) is 5.75 Å². The van der Waals surface area contributed by atoms with Gasteiger partial charge in [-0.3, -0.25) is 0 Å². The summed E-state index contributed by atoms with van der Waals surface area (Å²) in [5, 5.41) is 3.31. The predicted octanol–water partition coefficient (Wildman–Crippen LogP) is 3.98. The second-order valence-electron chi connectivity index (χ2n) is 4.79. The molecule has 5 heteroatoms. The van der Waals surface area contributed by atoms with Gasteiger partial charge in [0.1, 0.15) is 22.0 Å². The van der Waals surface area contributed by atoms with Crippen molar-refractivity contribution in [1.29, 1.82) is 0 Å². The summed E-state index contributed by atoms with van der Waals surface area (Å²) < 4.78 is 6.01. The first-order chi connectivity index (χ1) is 9.58. The molecule has 0 fully saturated rings. The van der Waals surface area contributed by atoms with Crippen molar-refractivity contribution in [2.45, 2.75) is 26.3 Å². The Kier molecular flexibility index (Phi) is 4.95. The van der Waals surface area contributed by atoms with Gasteiger partial charge in [0, 0.05) is 18.5 Å². The third-order valence-corrected chi connectivity index (χ3v) is 3.24. The van der Waals surface area contributed by atoms with Gasteiger partial charge in [-0.1, -0.05) is 26.0 Å². The molecule has 0 spiro atoms. The smallest absolute Gasteiger partial charge is 0.134 e. The molecule has 4 nitrogen and oxygen atoms in total. The van der Waals surface area contributed by atoms with Crippen LogP contribution >= 0.6 is 15.9 Å². The van der Waals surface area contributed by atoms with Gasteiger partial charge in [0.2, 0.25) is 0 Å². The molecule has 0 unspecified atom stereocenters. The fraction of sp³-hybridized carbons (Fsp3) is 0.333. The Morgan fingerprint density at radius 1 is 1.25 bits per heavy atom. The van der Waals surface area contributed by atoms with E-state index in [0.717, 1.165) is 27.6 Å². The van der Waals surface area contributed by atoms with E-state index in [1.54, 1.807) is 7.11 Å². The molecule has 0 aliphatic carbocycles. The summed E-state index contributed by atoms with van der Waals surface area (Å²) in [4.78, 5) is 8.87. The molecule has 0 saturated carbocycles. The Hall–Kier alpha value is -1.62. The van der Waals surface area contributed by atoms with Crippen LogP contribution in [0.3, 0.4) is 0 Å². The lowest BCUT2D eigenvalue weighted by molar-refractivity contribution is 0.414. The fourth-order valence-electron chi connectivity index (χ4n) is 1.76. The van der Waals surface area contributed by atoms with Crippen LogP contribution in [0.25, 0.3) is 0 Å². The van der Waals surface area contributed by atoms with Gasteiger partial charge in [-0.15, -0.1) is 0 Å². The maximum atomic E-state index is 5.22. The number of nitrogens with zero attached hydrogens (tertiary/aromatic N) is 2. The third-order valence-electron chi connectivity index (χ3n) is 2.84. The first kappa shape index (κ1) is 14.8. The first-order valence-electron chi connectivity index (χ1n) is 6.49. The van der Waals surface area contributed by atoms with E-state index in [2.05, 4.69) is 51.1 Å². The molecule has 106 valence electrons. The van der Waals surface area contributed by atoms with Crippen molar-refractivity contribution in [2.75, 3.05) is 12.4 Å². The molecule has 0 aliphatic heterocycles. The average molecular weight is 336 g/mol. The maximum absolute atomic E-state index is 5.22. The van der Waals surface area contributed by atoms with Crippen molar-refractivity contribution in [1.82, 2.24) is 9.97 Å². The number of halogens is 1. The summed E-state index contributed by atoms with van der Waals surface area (Å²) in [7, 11) is 1.67. The molecule has 2 rings (SSSR count). The quantitative estimate of drug-likeness (QED) is 0.839. The minimum atomic E-state index is 0.296. The van der Waals surface area contributed by atoms with E-state index in [9.17, 15) is 0 Å². The molecular formula is C15H18BrN3O. The Balaban J connectivity index is 2.10. The zero-order valence-corrected chi connectivity index (χ0v) is 13.4. The van der Waals surface area contributed by atoms with Gasteiger partial charge in [-0.05, 0) is 33.6 Å². The first-order valence-corrected chi connectivity index (χ1v) is 7.29. The predicted molar refractivity (Wildman–Crippen MR) is 84.1 cm³/mol. The molecule has 0 saturated heterocycles. The number of benzene rings is 1. The zero-order chi connectivity index (χ0) is 14.5. The van der Waals surface area contributed by atoms with E-state index >= 15 is 0 Å². The van der Waals surface area contributed by atoms with E-state index in [-0.39, 0.29) is 0 Å². The topological polar surface area (TPSA) is 47.0 Å². The molecule has 0 bridgehead atoms. The van der Waals surface area contributed by atoms with Crippen molar-refractivity contribution in [2.24, 2.45) is 0 Å². The van der Waals surface area contributed by atoms with Gasteiger partial charge in [0.25, 0.3) is 0 Å². The summed E-state index contributed by atoms with van der Waals surface area (Å²) >= 11 is 3.42. The van der Waals surface area contributed by atoms with Crippen LogP contribution in [0.1, 0.15) is 31.2 Å². The van der Waals surface area contributed by atoms with Gasteiger partial charge in [-0.2, -0.15) is 0 Å². The number of nitrogens with one attached hydrogen (secondary N) is 1. The fourth-order valence-corrected chi connectivity index (χ4v) is 2.16. The van der Waals surface area contributed by atoms with Crippen LogP contribution in [0.5, 0.6) is 5.75 Å². The molecular weight excluding hydrogens is 318 g/mol. The van der Waals surface area contributed by atoms with E-state index in [4.69, 9.17) is 4.74 Å². The molecule has 0 amide bonds. The standard InChI is InChI=1S/C15H18BrN3O/c1-10(2)15-18-13(16)8-14(19-15)17-9-11-5-4-6-12(7-11)20-3/h4-8,10H,9H2,1-3H3,(H,17,18,19). The van der Waals surface area contributed by atoms with Gasteiger partial charge in [0.15, 0.2) is 0 Å². The van der Waals surface area contributed by atoms with Crippen molar-refractivity contribution >= 4 is 21.7 Å². The number of aromatic nitrogens is 2. The Morgan fingerprint density at radius 3 is 2.75 bits per heavy atom. The van der Waals surface area contributed by atoms with Crippen molar-refractivity contribution in [3.63, 3.8) is 0 Å². The van der Waals surface area contributed by atoms with Crippen LogP contribution in [-0.4, -0.2) is 17.1 Å². The molecule has 20 heavy (non-hydrogen) atoms. The SMILES string of the molecule is COc1cccc(CNc2cc(Br)nc(C(C)C)n2)c1. The highest BCUT2D eigenvalue weighted by atomic mass is 79.9. The van der Waals surface area contributed by atoms with Crippen LogP contribution in [0.15, 0.2) is 34.9 Å². The van der Waals surface area contributed by atoms with Gasteiger partial charge in [0.05, 0.1) is 7.11 Å². The van der Waals surface area contributed by atoms with E-state index in [1.807, 2.05) is 24.3 Å².